The Morgan fingerprint density at radius 1 is 0.960 bits per heavy atom. The van der Waals surface area contributed by atoms with Gasteiger partial charge in [-0.25, -0.2) is 0 Å². The van der Waals surface area contributed by atoms with E-state index in [0.29, 0.717) is 12.5 Å². The molecule has 134 valence electrons. The highest BCUT2D eigenvalue weighted by Crippen LogP contribution is 2.16. The van der Waals surface area contributed by atoms with E-state index in [2.05, 4.69) is 13.8 Å². The topological polar surface area (TPSA) is 52.6 Å². The van der Waals surface area contributed by atoms with E-state index in [4.69, 9.17) is 9.47 Å². The fourth-order valence-corrected chi connectivity index (χ4v) is 2.65. The second-order valence-electron chi connectivity index (χ2n) is 6.42. The van der Waals surface area contributed by atoms with Crippen LogP contribution in [0.3, 0.4) is 0 Å². The molecule has 2 aromatic carbocycles. The van der Waals surface area contributed by atoms with Gasteiger partial charge in [-0.2, -0.15) is 0 Å². The molecule has 0 fully saturated rings. The maximum Gasteiger partial charge on any atom is 0.306 e. The first kappa shape index (κ1) is 19.0. The van der Waals surface area contributed by atoms with Gasteiger partial charge in [0.15, 0.2) is 0 Å². The van der Waals surface area contributed by atoms with Crippen LogP contribution in [0.2, 0.25) is 0 Å². The summed E-state index contributed by atoms with van der Waals surface area (Å²) in [6.45, 7) is 4.78. The van der Waals surface area contributed by atoms with Crippen LogP contribution in [0.4, 0.5) is 0 Å². The summed E-state index contributed by atoms with van der Waals surface area (Å²) in [5.74, 6) is -0.369. The van der Waals surface area contributed by atoms with Crippen LogP contribution in [0.15, 0.2) is 42.5 Å². The number of hydrogen-bond donors (Lipinski definition) is 0. The van der Waals surface area contributed by atoms with Crippen molar-refractivity contribution in [2.24, 2.45) is 5.92 Å². The van der Waals surface area contributed by atoms with E-state index in [-0.39, 0.29) is 31.4 Å². The predicted molar refractivity (Wildman–Crippen MR) is 98.0 cm³/mol. The summed E-state index contributed by atoms with van der Waals surface area (Å²) in [5.41, 5.74) is 0.933. The molecule has 0 saturated carbocycles. The van der Waals surface area contributed by atoms with Gasteiger partial charge in [0.2, 0.25) is 0 Å². The second kappa shape index (κ2) is 9.82. The van der Waals surface area contributed by atoms with Gasteiger partial charge in [0.05, 0.1) is 19.4 Å². The highest BCUT2D eigenvalue weighted by Gasteiger charge is 2.11. The summed E-state index contributed by atoms with van der Waals surface area (Å²) in [6, 6.07) is 14.0. The molecule has 0 heterocycles. The smallest absolute Gasteiger partial charge is 0.306 e. The van der Waals surface area contributed by atoms with Crippen molar-refractivity contribution in [3.05, 3.63) is 48.0 Å². The Labute approximate surface area is 149 Å². The minimum Gasteiger partial charge on any atom is -0.465 e. The molecule has 0 radical (unpaired) electrons. The average molecular weight is 342 g/mol. The third-order valence-corrected chi connectivity index (χ3v) is 4.06. The minimum atomic E-state index is -0.383. The van der Waals surface area contributed by atoms with E-state index in [1.54, 1.807) is 0 Å². The Balaban J connectivity index is 1.70. The molecule has 0 aliphatic heterocycles. The van der Waals surface area contributed by atoms with Crippen molar-refractivity contribution >= 4 is 22.7 Å². The average Bonchev–Trinajstić information content (AvgIpc) is 2.63. The van der Waals surface area contributed by atoms with Gasteiger partial charge in [0.25, 0.3) is 0 Å². The van der Waals surface area contributed by atoms with Crippen molar-refractivity contribution in [1.29, 1.82) is 0 Å². The van der Waals surface area contributed by atoms with Gasteiger partial charge in [-0.15, -0.1) is 0 Å². The number of rotatable bonds is 9. The molecular weight excluding hydrogens is 316 g/mol. The number of carbonyl (C=O) groups excluding carboxylic acids is 2. The van der Waals surface area contributed by atoms with E-state index >= 15 is 0 Å². The van der Waals surface area contributed by atoms with Crippen LogP contribution in [0.1, 0.15) is 45.1 Å². The third-order valence-electron chi connectivity index (χ3n) is 4.06. The van der Waals surface area contributed by atoms with E-state index in [0.717, 1.165) is 29.2 Å². The lowest BCUT2D eigenvalue weighted by atomic mass is 10.1. The van der Waals surface area contributed by atoms with Gasteiger partial charge < -0.3 is 9.47 Å². The zero-order valence-corrected chi connectivity index (χ0v) is 15.0. The fraction of sp³-hybridized carbons (Fsp3) is 0.429. The summed E-state index contributed by atoms with van der Waals surface area (Å²) in [7, 11) is 0. The molecule has 2 aromatic rings. The van der Waals surface area contributed by atoms with Crippen molar-refractivity contribution in [2.45, 2.75) is 46.1 Å². The summed E-state index contributed by atoms with van der Waals surface area (Å²) in [5, 5.41) is 2.26. The van der Waals surface area contributed by atoms with E-state index in [9.17, 15) is 9.59 Å². The lowest BCUT2D eigenvalue weighted by Gasteiger charge is -2.10. The zero-order valence-electron chi connectivity index (χ0n) is 15.0. The van der Waals surface area contributed by atoms with Crippen LogP contribution < -0.4 is 0 Å². The molecule has 2 rings (SSSR count). The molecule has 0 aliphatic carbocycles. The van der Waals surface area contributed by atoms with Gasteiger partial charge in [0, 0.05) is 0 Å². The molecule has 25 heavy (non-hydrogen) atoms. The molecule has 0 bridgehead atoms. The summed E-state index contributed by atoms with van der Waals surface area (Å²) in [4.78, 5) is 23.4. The van der Waals surface area contributed by atoms with Crippen LogP contribution in [0.25, 0.3) is 10.8 Å². The molecule has 0 aliphatic rings. The van der Waals surface area contributed by atoms with E-state index in [1.807, 2.05) is 42.5 Å². The monoisotopic (exact) mass is 342 g/mol. The maximum atomic E-state index is 11.8. The molecule has 1 atom stereocenters. The van der Waals surface area contributed by atoms with Crippen molar-refractivity contribution < 1.29 is 19.1 Å². The lowest BCUT2D eigenvalue weighted by Crippen LogP contribution is -2.14. The molecule has 0 aromatic heterocycles. The highest BCUT2D eigenvalue weighted by molar-refractivity contribution is 5.83. The Kier molecular flexibility index (Phi) is 7.45. The number of hydrogen-bond acceptors (Lipinski definition) is 4. The largest absolute Gasteiger partial charge is 0.465 e. The zero-order chi connectivity index (χ0) is 18.1. The number of esters is 2. The van der Waals surface area contributed by atoms with E-state index < -0.39 is 0 Å². The van der Waals surface area contributed by atoms with Crippen LogP contribution in [0.5, 0.6) is 0 Å². The molecule has 0 N–H and O–H groups in total. The first-order valence-electron chi connectivity index (χ1n) is 8.87. The summed E-state index contributed by atoms with van der Waals surface area (Å²) in [6.07, 6.45) is 2.21. The fourth-order valence-electron chi connectivity index (χ4n) is 2.65. The van der Waals surface area contributed by atoms with Crippen LogP contribution in [0, 0.1) is 5.92 Å². The van der Waals surface area contributed by atoms with Gasteiger partial charge in [-0.1, -0.05) is 56.7 Å². The van der Waals surface area contributed by atoms with Crippen LogP contribution >= 0.6 is 0 Å². The maximum absolute atomic E-state index is 11.8. The Hall–Kier alpha value is -2.36. The number of fused-ring (bicyclic) bond motifs is 1. The highest BCUT2D eigenvalue weighted by atomic mass is 16.5. The van der Waals surface area contributed by atoms with E-state index in [1.165, 1.54) is 0 Å². The van der Waals surface area contributed by atoms with Crippen LogP contribution in [-0.4, -0.2) is 18.5 Å². The van der Waals surface area contributed by atoms with Crippen molar-refractivity contribution in [1.82, 2.24) is 0 Å². The minimum absolute atomic E-state index is 0.0502. The van der Waals surface area contributed by atoms with Crippen LogP contribution in [-0.2, 0) is 25.7 Å². The Morgan fingerprint density at radius 2 is 1.64 bits per heavy atom. The normalized spacial score (nSPS) is 11.9. The number of carbonyl (C=O) groups is 2. The molecule has 0 amide bonds. The second-order valence-corrected chi connectivity index (χ2v) is 6.42. The Morgan fingerprint density at radius 3 is 2.36 bits per heavy atom. The van der Waals surface area contributed by atoms with Crippen molar-refractivity contribution in [2.75, 3.05) is 6.61 Å². The molecular formula is C21H26O4. The van der Waals surface area contributed by atoms with Gasteiger partial charge in [-0.3, -0.25) is 9.59 Å². The standard InChI is InChI=1S/C21H26O4/c1-3-6-16(2)14-24-20(22)11-12-21(23)25-15-17-9-10-18-7-4-5-8-19(18)13-17/h4-5,7-10,13,16H,3,6,11-12,14-15H2,1-2H3. The molecule has 0 saturated heterocycles. The Bertz CT molecular complexity index is 708. The summed E-state index contributed by atoms with van der Waals surface area (Å²) < 4.78 is 10.4. The lowest BCUT2D eigenvalue weighted by molar-refractivity contribution is -0.151. The first-order valence-corrected chi connectivity index (χ1v) is 8.87. The van der Waals surface area contributed by atoms with Gasteiger partial charge in [0.1, 0.15) is 6.61 Å². The number of benzene rings is 2. The molecule has 1 unspecified atom stereocenters. The number of ether oxygens (including phenoxy) is 2. The SMILES string of the molecule is CCCC(C)COC(=O)CCC(=O)OCc1ccc2ccccc2c1. The molecule has 4 nitrogen and oxygen atoms in total. The molecule has 0 spiro atoms. The van der Waals surface area contributed by atoms with Gasteiger partial charge in [-0.05, 0) is 34.7 Å². The quantitative estimate of drug-likeness (QED) is 0.623. The first-order chi connectivity index (χ1) is 12.1. The molecule has 4 heteroatoms. The predicted octanol–water partition coefficient (Wildman–Crippen LogP) is 4.64. The van der Waals surface area contributed by atoms with Gasteiger partial charge >= 0.3 is 11.9 Å². The van der Waals surface area contributed by atoms with Crippen molar-refractivity contribution in [3.63, 3.8) is 0 Å². The van der Waals surface area contributed by atoms with Crippen molar-refractivity contribution in [3.8, 4) is 0 Å². The third kappa shape index (κ3) is 6.57. The summed E-state index contributed by atoms with van der Waals surface area (Å²) >= 11 is 0.